The number of benzene rings is 1. The van der Waals surface area contributed by atoms with Gasteiger partial charge in [-0.2, -0.15) is 0 Å². The summed E-state index contributed by atoms with van der Waals surface area (Å²) >= 11 is 5.85. The number of ether oxygens (including phenoxy) is 1. The molecule has 2 heterocycles. The number of hydrogen-bond donors (Lipinski definition) is 1. The maximum absolute atomic E-state index is 11.9. The highest BCUT2D eigenvalue weighted by Crippen LogP contribution is 2.30. The Bertz CT molecular complexity index is 435. The molecule has 1 amide bonds. The number of fused-ring (bicyclic) bond motifs is 1. The summed E-state index contributed by atoms with van der Waals surface area (Å²) in [6, 6.07) is 7.36. The summed E-state index contributed by atoms with van der Waals surface area (Å²) in [5, 5.41) is 3.95. The molecule has 2 aliphatic heterocycles. The lowest BCUT2D eigenvalue weighted by Gasteiger charge is -2.28. The lowest BCUT2D eigenvalue weighted by molar-refractivity contribution is 0.117. The number of nitrogens with one attached hydrogen (secondary N) is 1. The van der Waals surface area contributed by atoms with Crippen LogP contribution in [0.25, 0.3) is 0 Å². The van der Waals surface area contributed by atoms with Gasteiger partial charge in [-0.15, -0.1) is 0 Å². The van der Waals surface area contributed by atoms with Crippen LogP contribution in [0.15, 0.2) is 24.3 Å². The molecule has 2 aliphatic rings. The molecule has 2 fully saturated rings. The second-order valence-electron chi connectivity index (χ2n) is 4.33. The number of carbonyl (C=O) groups excluding carboxylic acids is 1. The zero-order valence-corrected chi connectivity index (χ0v) is 9.98. The molecule has 5 heteroatoms. The highest BCUT2D eigenvalue weighted by atomic mass is 35.5. The van der Waals surface area contributed by atoms with Crippen LogP contribution in [0, 0.1) is 0 Å². The average molecular weight is 253 g/mol. The fourth-order valence-electron chi connectivity index (χ4n) is 2.43. The molecule has 1 N–H and O–H groups in total. The van der Waals surface area contributed by atoms with Crippen LogP contribution < -0.4 is 10.2 Å². The Balaban J connectivity index is 1.90. The van der Waals surface area contributed by atoms with Gasteiger partial charge in [0.25, 0.3) is 0 Å². The van der Waals surface area contributed by atoms with Crippen LogP contribution in [0.3, 0.4) is 0 Å². The molecule has 0 radical (unpaired) electrons. The third-order valence-corrected chi connectivity index (χ3v) is 3.53. The Labute approximate surface area is 104 Å². The van der Waals surface area contributed by atoms with Crippen molar-refractivity contribution in [2.24, 2.45) is 0 Å². The fourth-order valence-corrected chi connectivity index (χ4v) is 2.56. The third-order valence-electron chi connectivity index (χ3n) is 3.27. The van der Waals surface area contributed by atoms with Gasteiger partial charge in [-0.05, 0) is 37.2 Å². The Hall–Kier alpha value is -1.26. The number of rotatable bonds is 1. The Kier molecular flexibility index (Phi) is 2.68. The van der Waals surface area contributed by atoms with E-state index in [2.05, 4.69) is 5.32 Å². The van der Waals surface area contributed by atoms with Gasteiger partial charge in [0.15, 0.2) is 0 Å². The van der Waals surface area contributed by atoms with E-state index in [4.69, 9.17) is 16.3 Å². The summed E-state index contributed by atoms with van der Waals surface area (Å²) in [5.41, 5.74) is 0.843. The van der Waals surface area contributed by atoms with E-state index in [-0.39, 0.29) is 18.2 Å². The monoisotopic (exact) mass is 252 g/mol. The number of nitrogens with zero attached hydrogens (tertiary/aromatic N) is 1. The molecule has 2 unspecified atom stereocenters. The van der Waals surface area contributed by atoms with Crippen molar-refractivity contribution in [1.82, 2.24) is 5.32 Å². The van der Waals surface area contributed by atoms with Crippen LogP contribution in [-0.4, -0.2) is 31.3 Å². The minimum absolute atomic E-state index is 0.0134. The smallest absolute Gasteiger partial charge is 0.415 e. The van der Waals surface area contributed by atoms with Gasteiger partial charge in [0.05, 0.1) is 6.04 Å². The van der Waals surface area contributed by atoms with Gasteiger partial charge in [-0.1, -0.05) is 11.6 Å². The number of amides is 1. The minimum atomic E-state index is -0.258. The van der Waals surface area contributed by atoms with E-state index in [0.717, 1.165) is 25.2 Å². The molecule has 1 aromatic carbocycles. The van der Waals surface area contributed by atoms with Crippen molar-refractivity contribution < 1.29 is 9.53 Å². The summed E-state index contributed by atoms with van der Waals surface area (Å²) in [6.07, 6.45) is 0.631. The molecule has 90 valence electrons. The summed E-state index contributed by atoms with van der Waals surface area (Å²) in [4.78, 5) is 13.6. The van der Waals surface area contributed by atoms with Crippen LogP contribution in [0.1, 0.15) is 6.42 Å². The van der Waals surface area contributed by atoms with Gasteiger partial charge in [-0.3, -0.25) is 4.90 Å². The number of carbonyl (C=O) groups is 1. The summed E-state index contributed by atoms with van der Waals surface area (Å²) in [6.45, 7) is 1.68. The van der Waals surface area contributed by atoms with Crippen molar-refractivity contribution in [3.8, 4) is 0 Å². The maximum Gasteiger partial charge on any atom is 0.415 e. The topological polar surface area (TPSA) is 41.6 Å². The first-order chi connectivity index (χ1) is 8.25. The fraction of sp³-hybridized carbons (Fsp3) is 0.417. The molecule has 2 saturated heterocycles. The van der Waals surface area contributed by atoms with E-state index in [1.165, 1.54) is 0 Å². The van der Waals surface area contributed by atoms with E-state index in [1.54, 1.807) is 17.0 Å². The molecule has 0 bridgehead atoms. The van der Waals surface area contributed by atoms with E-state index in [0.29, 0.717) is 5.02 Å². The van der Waals surface area contributed by atoms with E-state index >= 15 is 0 Å². The third kappa shape index (κ3) is 1.87. The highest BCUT2D eigenvalue weighted by Gasteiger charge is 2.43. The minimum Gasteiger partial charge on any atom is -0.444 e. The van der Waals surface area contributed by atoms with Crippen LogP contribution in [0.2, 0.25) is 5.02 Å². The molecule has 17 heavy (non-hydrogen) atoms. The SMILES string of the molecule is O=C1OC2CCNCC2N1c1ccc(Cl)cc1. The molecule has 1 aromatic rings. The van der Waals surface area contributed by atoms with Crippen molar-refractivity contribution in [2.75, 3.05) is 18.0 Å². The molecular formula is C12H13ClN2O2. The zero-order valence-electron chi connectivity index (χ0n) is 9.23. The lowest BCUT2D eigenvalue weighted by atomic mass is 10.0. The molecule has 0 aromatic heterocycles. The second-order valence-corrected chi connectivity index (χ2v) is 4.77. The molecular weight excluding hydrogens is 240 g/mol. The largest absolute Gasteiger partial charge is 0.444 e. The van der Waals surface area contributed by atoms with Crippen molar-refractivity contribution in [3.63, 3.8) is 0 Å². The highest BCUT2D eigenvalue weighted by molar-refractivity contribution is 6.30. The molecule has 0 aliphatic carbocycles. The summed E-state index contributed by atoms with van der Waals surface area (Å²) in [7, 11) is 0. The van der Waals surface area contributed by atoms with Crippen LogP contribution >= 0.6 is 11.6 Å². The van der Waals surface area contributed by atoms with Crippen molar-refractivity contribution in [2.45, 2.75) is 18.6 Å². The van der Waals surface area contributed by atoms with Gasteiger partial charge in [0, 0.05) is 17.3 Å². The number of halogens is 1. The Morgan fingerprint density at radius 1 is 1.35 bits per heavy atom. The first-order valence-electron chi connectivity index (χ1n) is 5.72. The summed E-state index contributed by atoms with van der Waals surface area (Å²) < 4.78 is 5.38. The van der Waals surface area contributed by atoms with Crippen molar-refractivity contribution >= 4 is 23.4 Å². The first kappa shape index (κ1) is 10.9. The standard InChI is InChI=1S/C12H13ClN2O2/c13-8-1-3-9(4-2-8)15-10-7-14-6-5-11(10)17-12(15)16/h1-4,10-11,14H,5-7H2. The predicted molar refractivity (Wildman–Crippen MR) is 65.5 cm³/mol. The van der Waals surface area contributed by atoms with Crippen molar-refractivity contribution in [1.29, 1.82) is 0 Å². The number of anilines is 1. The van der Waals surface area contributed by atoms with Gasteiger partial charge < -0.3 is 10.1 Å². The van der Waals surface area contributed by atoms with Gasteiger partial charge >= 0.3 is 6.09 Å². The Morgan fingerprint density at radius 3 is 2.88 bits per heavy atom. The Morgan fingerprint density at radius 2 is 2.12 bits per heavy atom. The van der Waals surface area contributed by atoms with E-state index in [9.17, 15) is 4.79 Å². The average Bonchev–Trinajstić information content (AvgIpc) is 2.66. The van der Waals surface area contributed by atoms with Crippen LogP contribution in [0.4, 0.5) is 10.5 Å². The molecule has 0 saturated carbocycles. The second kappa shape index (κ2) is 4.20. The van der Waals surface area contributed by atoms with Gasteiger partial charge in [0.1, 0.15) is 6.10 Å². The van der Waals surface area contributed by atoms with Gasteiger partial charge in [0.2, 0.25) is 0 Å². The molecule has 2 atom stereocenters. The lowest BCUT2D eigenvalue weighted by Crippen LogP contribution is -2.49. The normalized spacial score (nSPS) is 27.8. The number of piperidine rings is 1. The predicted octanol–water partition coefficient (Wildman–Crippen LogP) is 2.03. The quantitative estimate of drug-likeness (QED) is 0.832. The van der Waals surface area contributed by atoms with E-state index in [1.807, 2.05) is 12.1 Å². The molecule has 4 nitrogen and oxygen atoms in total. The van der Waals surface area contributed by atoms with Gasteiger partial charge in [-0.25, -0.2) is 4.79 Å². The van der Waals surface area contributed by atoms with E-state index < -0.39 is 0 Å². The van der Waals surface area contributed by atoms with Crippen LogP contribution in [0.5, 0.6) is 0 Å². The van der Waals surface area contributed by atoms with Crippen LogP contribution in [-0.2, 0) is 4.74 Å². The maximum atomic E-state index is 11.9. The first-order valence-corrected chi connectivity index (χ1v) is 6.09. The number of hydrogen-bond acceptors (Lipinski definition) is 3. The zero-order chi connectivity index (χ0) is 11.8. The molecule has 0 spiro atoms. The van der Waals surface area contributed by atoms with Crippen molar-refractivity contribution in [3.05, 3.63) is 29.3 Å². The molecule has 3 rings (SSSR count). The summed E-state index contributed by atoms with van der Waals surface area (Å²) in [5.74, 6) is 0.